The molecule has 0 unspecified atom stereocenters. The summed E-state index contributed by atoms with van der Waals surface area (Å²) in [6, 6.07) is 25.2. The van der Waals surface area contributed by atoms with E-state index in [0.717, 1.165) is 18.2 Å². The summed E-state index contributed by atoms with van der Waals surface area (Å²) in [4.78, 5) is 4.04. The van der Waals surface area contributed by atoms with Crippen LogP contribution >= 0.6 is 11.3 Å². The highest BCUT2D eigenvalue weighted by atomic mass is 32.1. The van der Waals surface area contributed by atoms with Gasteiger partial charge in [0.2, 0.25) is 0 Å². The fourth-order valence-corrected chi connectivity index (χ4v) is 6.34. The molecule has 156 valence electrons. The molecule has 6 rings (SSSR count). The Morgan fingerprint density at radius 3 is 2.20 bits per heavy atom. The van der Waals surface area contributed by atoms with E-state index < -0.39 is 0 Å². The highest BCUT2D eigenvalue weighted by molar-refractivity contribution is 7.10. The van der Waals surface area contributed by atoms with Gasteiger partial charge in [0.05, 0.1) is 12.0 Å². The van der Waals surface area contributed by atoms with Gasteiger partial charge in [0.1, 0.15) is 5.75 Å². The number of nitrogens with one attached hydrogen (secondary N) is 1. The van der Waals surface area contributed by atoms with Gasteiger partial charge in [-0.2, -0.15) is 0 Å². The van der Waals surface area contributed by atoms with Crippen LogP contribution in [0.15, 0.2) is 72.1 Å². The van der Waals surface area contributed by atoms with Crippen LogP contribution in [0, 0.1) is 5.92 Å². The van der Waals surface area contributed by atoms with Crippen molar-refractivity contribution in [2.24, 2.45) is 5.92 Å². The Morgan fingerprint density at radius 2 is 1.60 bits per heavy atom. The Bertz CT molecular complexity index is 894. The molecule has 1 N–H and O–H groups in total. The van der Waals surface area contributed by atoms with E-state index in [1.165, 1.54) is 41.9 Å². The summed E-state index contributed by atoms with van der Waals surface area (Å²) in [5, 5.41) is 6.11. The average molecular weight is 419 g/mol. The largest absolute Gasteiger partial charge is 0.496 e. The molecule has 3 nitrogen and oxygen atoms in total. The first kappa shape index (κ1) is 19.8. The van der Waals surface area contributed by atoms with Gasteiger partial charge >= 0.3 is 0 Å². The number of fused-ring (bicyclic) bond motifs is 3. The van der Waals surface area contributed by atoms with Gasteiger partial charge in [0.25, 0.3) is 0 Å². The van der Waals surface area contributed by atoms with Crippen molar-refractivity contribution in [3.05, 3.63) is 88.1 Å². The number of ether oxygens (including phenoxy) is 1. The average Bonchev–Trinajstić information content (AvgIpc) is 3.28. The number of rotatable bonds is 7. The monoisotopic (exact) mass is 418 g/mol. The van der Waals surface area contributed by atoms with E-state index in [0.29, 0.717) is 18.0 Å². The minimum atomic E-state index is 0.373. The maximum atomic E-state index is 5.56. The Kier molecular flexibility index (Phi) is 5.89. The van der Waals surface area contributed by atoms with Crippen LogP contribution in [0.1, 0.15) is 34.8 Å². The molecule has 3 aromatic rings. The first-order chi connectivity index (χ1) is 14.8. The summed E-state index contributed by atoms with van der Waals surface area (Å²) in [6.07, 6.45) is 2.60. The van der Waals surface area contributed by atoms with Crippen LogP contribution in [-0.2, 0) is 6.54 Å². The lowest BCUT2D eigenvalue weighted by Gasteiger charge is -2.54. The van der Waals surface area contributed by atoms with Gasteiger partial charge in [-0.3, -0.25) is 4.90 Å². The Balaban J connectivity index is 1.49. The summed E-state index contributed by atoms with van der Waals surface area (Å²) < 4.78 is 5.56. The first-order valence-electron chi connectivity index (χ1n) is 11.0. The fraction of sp³-hybridized carbons (Fsp3) is 0.385. The third kappa shape index (κ3) is 3.80. The second kappa shape index (κ2) is 8.93. The molecule has 0 amide bonds. The van der Waals surface area contributed by atoms with Crippen molar-refractivity contribution in [1.29, 1.82) is 0 Å². The molecule has 4 heteroatoms. The van der Waals surface area contributed by atoms with Crippen molar-refractivity contribution < 1.29 is 4.74 Å². The summed E-state index contributed by atoms with van der Waals surface area (Å²) in [5.41, 5.74) is 2.84. The minimum absolute atomic E-state index is 0.373. The Labute approximate surface area is 183 Å². The number of nitrogens with zero attached hydrogens (tertiary/aromatic N) is 1. The second-order valence-corrected chi connectivity index (χ2v) is 9.48. The van der Waals surface area contributed by atoms with Crippen LogP contribution in [0.25, 0.3) is 0 Å². The predicted octanol–water partition coefficient (Wildman–Crippen LogP) is 5.14. The van der Waals surface area contributed by atoms with Gasteiger partial charge in [-0.25, -0.2) is 0 Å². The molecule has 2 bridgehead atoms. The standard InChI is InChI=1S/C26H30N2OS/c1-29-22-14-17-30-23(22)18-27-25-21-12-15-28(16-13-21)26(25)24(19-8-4-2-5-9-19)20-10-6-3-7-11-20/h2-11,14,17,21,24-27H,12-13,15-16,18H2,1H3/t25-,26+/m1/s1. The van der Waals surface area contributed by atoms with Crippen LogP contribution in [0.2, 0.25) is 0 Å². The molecule has 0 saturated carbocycles. The van der Waals surface area contributed by atoms with Crippen molar-refractivity contribution in [3.8, 4) is 5.75 Å². The van der Waals surface area contributed by atoms with E-state index in [-0.39, 0.29) is 0 Å². The summed E-state index contributed by atoms with van der Waals surface area (Å²) >= 11 is 1.78. The third-order valence-corrected chi connectivity index (χ3v) is 7.86. The molecule has 3 aliphatic heterocycles. The second-order valence-electron chi connectivity index (χ2n) is 8.48. The molecular weight excluding hydrogens is 388 g/mol. The first-order valence-corrected chi connectivity index (χ1v) is 11.9. The maximum Gasteiger partial charge on any atom is 0.134 e. The predicted molar refractivity (Wildman–Crippen MR) is 124 cm³/mol. The highest BCUT2D eigenvalue weighted by Gasteiger charge is 2.46. The number of hydrogen-bond acceptors (Lipinski definition) is 4. The molecule has 3 aliphatic rings. The van der Waals surface area contributed by atoms with E-state index in [4.69, 9.17) is 4.74 Å². The lowest BCUT2D eigenvalue weighted by atomic mass is 9.70. The number of piperidine rings is 3. The Morgan fingerprint density at radius 1 is 0.967 bits per heavy atom. The molecule has 4 heterocycles. The molecule has 0 radical (unpaired) electrons. The zero-order chi connectivity index (χ0) is 20.3. The summed E-state index contributed by atoms with van der Waals surface area (Å²) in [5.74, 6) is 2.12. The minimum Gasteiger partial charge on any atom is -0.496 e. The number of benzene rings is 2. The molecule has 0 aliphatic carbocycles. The zero-order valence-electron chi connectivity index (χ0n) is 17.5. The van der Waals surface area contributed by atoms with Gasteiger partial charge < -0.3 is 10.1 Å². The maximum absolute atomic E-state index is 5.56. The smallest absolute Gasteiger partial charge is 0.134 e. The summed E-state index contributed by atoms with van der Waals surface area (Å²) in [6.45, 7) is 3.31. The van der Waals surface area contributed by atoms with Crippen molar-refractivity contribution >= 4 is 11.3 Å². The number of thiophene rings is 1. The zero-order valence-corrected chi connectivity index (χ0v) is 18.4. The third-order valence-electron chi connectivity index (χ3n) is 6.95. The molecule has 3 fully saturated rings. The molecule has 2 aromatic carbocycles. The van der Waals surface area contributed by atoms with Crippen molar-refractivity contribution in [3.63, 3.8) is 0 Å². The fourth-order valence-electron chi connectivity index (χ4n) is 5.55. The number of hydrogen-bond donors (Lipinski definition) is 1. The lowest BCUT2D eigenvalue weighted by Crippen LogP contribution is -2.64. The molecule has 30 heavy (non-hydrogen) atoms. The van der Waals surface area contributed by atoms with Crippen molar-refractivity contribution in [1.82, 2.24) is 10.2 Å². The van der Waals surface area contributed by atoms with Crippen LogP contribution in [0.4, 0.5) is 0 Å². The SMILES string of the molecule is COc1ccsc1CN[C@@H]1C2CCN(CC2)[C@H]1C(c1ccccc1)c1ccccc1. The van der Waals surface area contributed by atoms with E-state index in [2.05, 4.69) is 82.3 Å². The van der Waals surface area contributed by atoms with Crippen LogP contribution in [-0.4, -0.2) is 37.2 Å². The van der Waals surface area contributed by atoms with Gasteiger partial charge in [-0.1, -0.05) is 60.7 Å². The van der Waals surface area contributed by atoms with Gasteiger partial charge in [0.15, 0.2) is 0 Å². The quantitative estimate of drug-likeness (QED) is 0.575. The van der Waals surface area contributed by atoms with Crippen LogP contribution in [0.5, 0.6) is 5.75 Å². The lowest BCUT2D eigenvalue weighted by molar-refractivity contribution is 0.00472. The summed E-state index contributed by atoms with van der Waals surface area (Å²) in [7, 11) is 1.77. The highest BCUT2D eigenvalue weighted by Crippen LogP contribution is 2.42. The van der Waals surface area contributed by atoms with E-state index in [1.54, 1.807) is 18.4 Å². The van der Waals surface area contributed by atoms with Crippen molar-refractivity contribution in [2.45, 2.75) is 37.4 Å². The molecule has 2 atom stereocenters. The normalized spacial score (nSPS) is 25.5. The Hall–Kier alpha value is -2.14. The van der Waals surface area contributed by atoms with E-state index in [9.17, 15) is 0 Å². The van der Waals surface area contributed by atoms with Crippen LogP contribution < -0.4 is 10.1 Å². The van der Waals surface area contributed by atoms with Gasteiger partial charge in [-0.15, -0.1) is 11.3 Å². The van der Waals surface area contributed by atoms with E-state index >= 15 is 0 Å². The number of methoxy groups -OCH3 is 1. The van der Waals surface area contributed by atoms with Gasteiger partial charge in [0, 0.05) is 24.5 Å². The topological polar surface area (TPSA) is 24.5 Å². The van der Waals surface area contributed by atoms with Gasteiger partial charge in [-0.05, 0) is 54.4 Å². The van der Waals surface area contributed by atoms with Crippen LogP contribution in [0.3, 0.4) is 0 Å². The van der Waals surface area contributed by atoms with E-state index in [1.807, 2.05) is 0 Å². The molecule has 1 aromatic heterocycles. The van der Waals surface area contributed by atoms with Crippen molar-refractivity contribution in [2.75, 3.05) is 20.2 Å². The molecular formula is C26H30N2OS. The molecule has 0 spiro atoms. The molecule has 3 saturated heterocycles.